The second kappa shape index (κ2) is 5.57. The second-order valence-corrected chi connectivity index (χ2v) is 4.34. The summed E-state index contributed by atoms with van der Waals surface area (Å²) in [5.41, 5.74) is 4.15. The van der Waals surface area contributed by atoms with Gasteiger partial charge in [0.2, 0.25) is 0 Å². The van der Waals surface area contributed by atoms with Crippen molar-refractivity contribution in [2.24, 2.45) is 0 Å². The maximum atomic E-state index is 5.46. The molecular formula is C16H15N3O. The fourth-order valence-electron chi connectivity index (χ4n) is 2.14. The predicted octanol–water partition coefficient (Wildman–Crippen LogP) is 3.54. The summed E-state index contributed by atoms with van der Waals surface area (Å²) in [5.74, 6) is 0.872. The average molecular weight is 265 g/mol. The summed E-state index contributed by atoms with van der Waals surface area (Å²) in [6.07, 6.45) is 5.47. The third-order valence-corrected chi connectivity index (χ3v) is 3.07. The standard InChI is InChI=1S/C16H15N3O/c1-2-20-14-5-3-13(4-6-14)16-15(11-18-19-16)12-7-9-17-10-8-12/h3-11H,2H2,1H3,(H,18,19). The molecule has 0 aliphatic carbocycles. The molecule has 4 heteroatoms. The van der Waals surface area contributed by atoms with Gasteiger partial charge in [0.1, 0.15) is 5.75 Å². The summed E-state index contributed by atoms with van der Waals surface area (Å²) in [4.78, 5) is 4.04. The lowest BCUT2D eigenvalue weighted by Gasteiger charge is -2.05. The van der Waals surface area contributed by atoms with Gasteiger partial charge in [0.05, 0.1) is 12.3 Å². The first-order valence-corrected chi connectivity index (χ1v) is 6.56. The van der Waals surface area contributed by atoms with E-state index in [1.165, 1.54) is 0 Å². The Balaban J connectivity index is 1.97. The zero-order chi connectivity index (χ0) is 13.8. The smallest absolute Gasteiger partial charge is 0.119 e. The lowest BCUT2D eigenvalue weighted by Crippen LogP contribution is -1.91. The number of aromatic amines is 1. The average Bonchev–Trinajstić information content (AvgIpc) is 2.99. The highest BCUT2D eigenvalue weighted by Gasteiger charge is 2.10. The zero-order valence-electron chi connectivity index (χ0n) is 11.2. The van der Waals surface area contributed by atoms with Crippen molar-refractivity contribution in [3.63, 3.8) is 0 Å². The minimum absolute atomic E-state index is 0.671. The Bertz CT molecular complexity index is 674. The Morgan fingerprint density at radius 3 is 2.45 bits per heavy atom. The van der Waals surface area contributed by atoms with Gasteiger partial charge < -0.3 is 4.74 Å². The summed E-state index contributed by atoms with van der Waals surface area (Å²) in [5, 5.41) is 7.29. The molecule has 0 amide bonds. The van der Waals surface area contributed by atoms with Crippen molar-refractivity contribution in [2.45, 2.75) is 6.92 Å². The van der Waals surface area contributed by atoms with Crippen molar-refractivity contribution in [1.29, 1.82) is 0 Å². The molecule has 3 aromatic rings. The number of pyridine rings is 1. The normalized spacial score (nSPS) is 10.4. The van der Waals surface area contributed by atoms with Gasteiger partial charge in [-0.3, -0.25) is 10.1 Å². The van der Waals surface area contributed by atoms with E-state index >= 15 is 0 Å². The maximum Gasteiger partial charge on any atom is 0.119 e. The molecule has 1 aromatic carbocycles. The number of nitrogens with one attached hydrogen (secondary N) is 1. The number of H-pyrrole nitrogens is 1. The van der Waals surface area contributed by atoms with Crippen LogP contribution in [0.4, 0.5) is 0 Å². The summed E-state index contributed by atoms with van der Waals surface area (Å²) in [6.45, 7) is 2.65. The molecule has 20 heavy (non-hydrogen) atoms. The van der Waals surface area contributed by atoms with Gasteiger partial charge in [-0.25, -0.2) is 0 Å². The van der Waals surface area contributed by atoms with Crippen molar-refractivity contribution >= 4 is 0 Å². The van der Waals surface area contributed by atoms with Crippen LogP contribution in [0.2, 0.25) is 0 Å². The fourth-order valence-corrected chi connectivity index (χ4v) is 2.14. The quantitative estimate of drug-likeness (QED) is 0.785. The first-order valence-electron chi connectivity index (χ1n) is 6.56. The summed E-state index contributed by atoms with van der Waals surface area (Å²) >= 11 is 0. The van der Waals surface area contributed by atoms with Crippen LogP contribution in [0.1, 0.15) is 6.92 Å². The Morgan fingerprint density at radius 1 is 1.00 bits per heavy atom. The monoisotopic (exact) mass is 265 g/mol. The third kappa shape index (κ3) is 2.40. The highest BCUT2D eigenvalue weighted by molar-refractivity contribution is 5.80. The summed E-state index contributed by atoms with van der Waals surface area (Å²) < 4.78 is 5.46. The summed E-state index contributed by atoms with van der Waals surface area (Å²) in [7, 11) is 0. The molecule has 0 aliphatic heterocycles. The number of nitrogens with zero attached hydrogens (tertiary/aromatic N) is 2. The zero-order valence-corrected chi connectivity index (χ0v) is 11.2. The first kappa shape index (κ1) is 12.4. The van der Waals surface area contributed by atoms with Crippen molar-refractivity contribution in [3.8, 4) is 28.1 Å². The molecule has 0 atom stereocenters. The highest BCUT2D eigenvalue weighted by Crippen LogP contribution is 2.30. The van der Waals surface area contributed by atoms with Crippen LogP contribution in [-0.4, -0.2) is 21.8 Å². The number of ether oxygens (including phenoxy) is 1. The van der Waals surface area contributed by atoms with Gasteiger partial charge >= 0.3 is 0 Å². The van der Waals surface area contributed by atoms with E-state index in [9.17, 15) is 0 Å². The molecule has 3 rings (SSSR count). The molecule has 2 aromatic heterocycles. The van der Waals surface area contributed by atoms with Crippen LogP contribution in [0.5, 0.6) is 5.75 Å². The maximum absolute atomic E-state index is 5.46. The van der Waals surface area contributed by atoms with E-state index in [0.29, 0.717) is 6.61 Å². The molecule has 0 bridgehead atoms. The van der Waals surface area contributed by atoms with E-state index in [-0.39, 0.29) is 0 Å². The van der Waals surface area contributed by atoms with Crippen molar-refractivity contribution < 1.29 is 4.74 Å². The van der Waals surface area contributed by atoms with E-state index in [1.807, 2.05) is 49.5 Å². The van der Waals surface area contributed by atoms with E-state index < -0.39 is 0 Å². The molecule has 0 spiro atoms. The van der Waals surface area contributed by atoms with Crippen LogP contribution in [0.15, 0.2) is 55.0 Å². The van der Waals surface area contributed by atoms with Gasteiger partial charge in [0.25, 0.3) is 0 Å². The molecule has 2 heterocycles. The number of aromatic nitrogens is 3. The minimum Gasteiger partial charge on any atom is -0.494 e. The van der Waals surface area contributed by atoms with Gasteiger partial charge in [0, 0.05) is 29.7 Å². The van der Waals surface area contributed by atoms with Gasteiger partial charge in [-0.15, -0.1) is 0 Å². The highest BCUT2D eigenvalue weighted by atomic mass is 16.5. The molecule has 1 N–H and O–H groups in total. The largest absolute Gasteiger partial charge is 0.494 e. The van der Waals surface area contributed by atoms with E-state index in [2.05, 4.69) is 15.2 Å². The van der Waals surface area contributed by atoms with Crippen LogP contribution in [-0.2, 0) is 0 Å². The molecule has 0 radical (unpaired) electrons. The molecule has 0 saturated carbocycles. The van der Waals surface area contributed by atoms with Crippen molar-refractivity contribution in [1.82, 2.24) is 15.2 Å². The van der Waals surface area contributed by atoms with Gasteiger partial charge in [-0.1, -0.05) is 0 Å². The number of rotatable bonds is 4. The van der Waals surface area contributed by atoms with Gasteiger partial charge in [-0.2, -0.15) is 5.10 Å². The molecule has 0 aliphatic rings. The van der Waals surface area contributed by atoms with Crippen LogP contribution in [0.25, 0.3) is 22.4 Å². The van der Waals surface area contributed by atoms with Gasteiger partial charge in [0.15, 0.2) is 0 Å². The van der Waals surface area contributed by atoms with Crippen LogP contribution < -0.4 is 4.74 Å². The number of benzene rings is 1. The third-order valence-electron chi connectivity index (χ3n) is 3.07. The molecule has 4 nitrogen and oxygen atoms in total. The molecule has 100 valence electrons. The Labute approximate surface area is 117 Å². The molecular weight excluding hydrogens is 250 g/mol. The lowest BCUT2D eigenvalue weighted by atomic mass is 10.0. The fraction of sp³-hybridized carbons (Fsp3) is 0.125. The van der Waals surface area contributed by atoms with E-state index in [1.54, 1.807) is 12.4 Å². The molecule has 0 saturated heterocycles. The first-order chi connectivity index (χ1) is 9.88. The minimum atomic E-state index is 0.671. The van der Waals surface area contributed by atoms with Crippen LogP contribution >= 0.6 is 0 Å². The summed E-state index contributed by atoms with van der Waals surface area (Å²) in [6, 6.07) is 11.9. The Kier molecular flexibility index (Phi) is 3.46. The van der Waals surface area contributed by atoms with E-state index in [4.69, 9.17) is 4.74 Å². The SMILES string of the molecule is CCOc1ccc(-c2n[nH]cc2-c2ccncc2)cc1. The molecule has 0 fully saturated rings. The van der Waals surface area contributed by atoms with Crippen LogP contribution in [0, 0.1) is 0 Å². The Hall–Kier alpha value is -2.62. The topological polar surface area (TPSA) is 50.8 Å². The Morgan fingerprint density at radius 2 is 1.75 bits per heavy atom. The number of hydrogen-bond donors (Lipinski definition) is 1. The predicted molar refractivity (Wildman–Crippen MR) is 78.4 cm³/mol. The van der Waals surface area contributed by atoms with Gasteiger partial charge in [-0.05, 0) is 48.9 Å². The van der Waals surface area contributed by atoms with Crippen LogP contribution in [0.3, 0.4) is 0 Å². The molecule has 0 unspecified atom stereocenters. The van der Waals surface area contributed by atoms with Crippen molar-refractivity contribution in [3.05, 3.63) is 55.0 Å². The number of hydrogen-bond acceptors (Lipinski definition) is 3. The van der Waals surface area contributed by atoms with E-state index in [0.717, 1.165) is 28.1 Å². The van der Waals surface area contributed by atoms with Crippen molar-refractivity contribution in [2.75, 3.05) is 6.61 Å². The second-order valence-electron chi connectivity index (χ2n) is 4.34. The lowest BCUT2D eigenvalue weighted by molar-refractivity contribution is 0.340.